The van der Waals surface area contributed by atoms with Crippen molar-refractivity contribution >= 4 is 11.7 Å². The van der Waals surface area contributed by atoms with Crippen molar-refractivity contribution in [3.63, 3.8) is 0 Å². The number of nitrogens with two attached hydrogens (primary N) is 1. The molecule has 5 heteroatoms. The van der Waals surface area contributed by atoms with E-state index >= 15 is 0 Å². The number of methoxy groups -OCH3 is 1. The Bertz CT molecular complexity index is 500. The Hall–Kier alpha value is -1.75. The van der Waals surface area contributed by atoms with Gasteiger partial charge in [-0.05, 0) is 12.1 Å². The van der Waals surface area contributed by atoms with Gasteiger partial charge in [0.1, 0.15) is 11.9 Å². The molecule has 3 N–H and O–H groups in total. The summed E-state index contributed by atoms with van der Waals surface area (Å²) < 4.78 is 10.8. The standard InChI is InChI=1S/C12H13NO4/c1-16-4-6-9-8-5(12(14)15)2-3-7(13)11(8)17-10(6)9/h2-3,6,9-10H,4,13H2,1H3,(H,14,15). The highest BCUT2D eigenvalue weighted by Crippen LogP contribution is 2.60. The minimum absolute atomic E-state index is 0.0350. The third kappa shape index (κ3) is 1.32. The molecular weight excluding hydrogens is 222 g/mol. The van der Waals surface area contributed by atoms with E-state index in [4.69, 9.17) is 20.3 Å². The summed E-state index contributed by atoms with van der Waals surface area (Å²) >= 11 is 0. The Morgan fingerprint density at radius 1 is 1.59 bits per heavy atom. The summed E-state index contributed by atoms with van der Waals surface area (Å²) in [5.74, 6) is -0.00669. The molecule has 0 bridgehead atoms. The lowest BCUT2D eigenvalue weighted by Gasteiger charge is -2.12. The van der Waals surface area contributed by atoms with E-state index in [0.29, 0.717) is 23.6 Å². The Balaban J connectivity index is 2.04. The summed E-state index contributed by atoms with van der Waals surface area (Å²) in [6.45, 7) is 0.586. The predicted octanol–water partition coefficient (Wildman–Crippen LogP) is 1.09. The molecule has 90 valence electrons. The van der Waals surface area contributed by atoms with Gasteiger partial charge in [0.2, 0.25) is 0 Å². The van der Waals surface area contributed by atoms with E-state index in [1.165, 1.54) is 0 Å². The SMILES string of the molecule is COCC1C2Oc3c(N)ccc(C(=O)O)c3C12. The maximum absolute atomic E-state index is 11.2. The van der Waals surface area contributed by atoms with Crippen LogP contribution in [0.15, 0.2) is 12.1 Å². The molecule has 3 rings (SSSR count). The molecule has 1 aliphatic heterocycles. The monoisotopic (exact) mass is 235 g/mol. The van der Waals surface area contributed by atoms with E-state index in [-0.39, 0.29) is 17.9 Å². The van der Waals surface area contributed by atoms with Crippen LogP contribution >= 0.6 is 0 Å². The van der Waals surface area contributed by atoms with Gasteiger partial charge in [-0.1, -0.05) is 0 Å². The van der Waals surface area contributed by atoms with Crippen molar-refractivity contribution in [2.45, 2.75) is 12.0 Å². The number of ether oxygens (including phenoxy) is 2. The minimum Gasteiger partial charge on any atom is -0.487 e. The van der Waals surface area contributed by atoms with E-state index in [0.717, 1.165) is 5.56 Å². The van der Waals surface area contributed by atoms with Gasteiger partial charge >= 0.3 is 5.97 Å². The number of hydrogen-bond donors (Lipinski definition) is 2. The van der Waals surface area contributed by atoms with Gasteiger partial charge in [0, 0.05) is 24.5 Å². The van der Waals surface area contributed by atoms with Crippen molar-refractivity contribution in [3.05, 3.63) is 23.3 Å². The average Bonchev–Trinajstić information content (AvgIpc) is 2.79. The molecule has 1 saturated carbocycles. The van der Waals surface area contributed by atoms with Crippen LogP contribution in [0, 0.1) is 5.92 Å². The highest BCUT2D eigenvalue weighted by atomic mass is 16.5. The molecular formula is C12H13NO4. The number of anilines is 1. The first-order valence-corrected chi connectivity index (χ1v) is 5.46. The second-order valence-corrected chi connectivity index (χ2v) is 4.48. The summed E-state index contributed by atoms with van der Waals surface area (Å²) in [4.78, 5) is 11.2. The van der Waals surface area contributed by atoms with Crippen LogP contribution in [0.2, 0.25) is 0 Å². The molecule has 5 nitrogen and oxygen atoms in total. The van der Waals surface area contributed by atoms with Crippen LogP contribution in [-0.2, 0) is 4.74 Å². The molecule has 1 fully saturated rings. The molecule has 0 spiro atoms. The average molecular weight is 235 g/mol. The second-order valence-electron chi connectivity index (χ2n) is 4.48. The van der Waals surface area contributed by atoms with Gasteiger partial charge in [-0.2, -0.15) is 0 Å². The Labute approximate surface area is 98.1 Å². The van der Waals surface area contributed by atoms with Gasteiger partial charge < -0.3 is 20.3 Å². The zero-order valence-electron chi connectivity index (χ0n) is 9.34. The second kappa shape index (κ2) is 3.37. The Kier molecular flexibility index (Phi) is 2.06. The van der Waals surface area contributed by atoms with E-state index in [1.807, 2.05) is 0 Å². The van der Waals surface area contributed by atoms with E-state index in [2.05, 4.69) is 0 Å². The third-order valence-corrected chi connectivity index (χ3v) is 3.50. The third-order valence-electron chi connectivity index (χ3n) is 3.50. The minimum atomic E-state index is -0.937. The number of rotatable bonds is 3. The largest absolute Gasteiger partial charge is 0.487 e. The molecule has 17 heavy (non-hydrogen) atoms. The van der Waals surface area contributed by atoms with Gasteiger partial charge in [0.25, 0.3) is 0 Å². The molecule has 1 aromatic rings. The highest BCUT2D eigenvalue weighted by Gasteiger charge is 2.60. The quantitative estimate of drug-likeness (QED) is 0.766. The molecule has 0 radical (unpaired) electrons. The number of nitrogen functional groups attached to an aromatic ring is 1. The number of carbonyl (C=O) groups is 1. The Morgan fingerprint density at radius 3 is 3.00 bits per heavy atom. The molecule has 1 aliphatic carbocycles. The van der Waals surface area contributed by atoms with Crippen LogP contribution in [-0.4, -0.2) is 30.9 Å². The normalized spacial score (nSPS) is 28.2. The van der Waals surface area contributed by atoms with Crippen LogP contribution < -0.4 is 10.5 Å². The highest BCUT2D eigenvalue weighted by molar-refractivity contribution is 5.92. The van der Waals surface area contributed by atoms with E-state index in [9.17, 15) is 4.79 Å². The van der Waals surface area contributed by atoms with Crippen LogP contribution in [0.1, 0.15) is 21.8 Å². The van der Waals surface area contributed by atoms with Gasteiger partial charge in [-0.3, -0.25) is 0 Å². The van der Waals surface area contributed by atoms with Gasteiger partial charge in [0.15, 0.2) is 0 Å². The first kappa shape index (κ1) is 10.4. The fourth-order valence-corrected chi connectivity index (χ4v) is 2.67. The van der Waals surface area contributed by atoms with Gasteiger partial charge in [-0.15, -0.1) is 0 Å². The molecule has 0 saturated heterocycles. The lowest BCUT2D eigenvalue weighted by atomic mass is 10.0. The predicted molar refractivity (Wildman–Crippen MR) is 60.3 cm³/mol. The number of aromatic carboxylic acids is 1. The van der Waals surface area contributed by atoms with Crippen LogP contribution in [0.25, 0.3) is 0 Å². The molecule has 0 amide bonds. The van der Waals surface area contributed by atoms with Crippen molar-refractivity contribution in [2.24, 2.45) is 5.92 Å². The Morgan fingerprint density at radius 2 is 2.35 bits per heavy atom. The number of hydrogen-bond acceptors (Lipinski definition) is 4. The van der Waals surface area contributed by atoms with Gasteiger partial charge in [0.05, 0.1) is 17.9 Å². The maximum Gasteiger partial charge on any atom is 0.336 e. The lowest BCUT2D eigenvalue weighted by molar-refractivity contribution is 0.0695. The lowest BCUT2D eigenvalue weighted by Crippen LogP contribution is -2.08. The summed E-state index contributed by atoms with van der Waals surface area (Å²) in [6, 6.07) is 3.13. The summed E-state index contributed by atoms with van der Waals surface area (Å²) in [6.07, 6.45) is 0.0350. The summed E-state index contributed by atoms with van der Waals surface area (Å²) in [5, 5.41) is 9.16. The van der Waals surface area contributed by atoms with E-state index < -0.39 is 5.97 Å². The molecule has 3 atom stereocenters. The topological polar surface area (TPSA) is 81.8 Å². The molecule has 3 unspecified atom stereocenters. The molecule has 1 heterocycles. The molecule has 1 aromatic carbocycles. The van der Waals surface area contributed by atoms with Crippen molar-refractivity contribution < 1.29 is 19.4 Å². The van der Waals surface area contributed by atoms with Crippen LogP contribution in [0.5, 0.6) is 5.75 Å². The van der Waals surface area contributed by atoms with Crippen molar-refractivity contribution in [3.8, 4) is 5.75 Å². The fourth-order valence-electron chi connectivity index (χ4n) is 2.67. The van der Waals surface area contributed by atoms with Crippen LogP contribution in [0.3, 0.4) is 0 Å². The summed E-state index contributed by atoms with van der Waals surface area (Å²) in [5.41, 5.74) is 7.33. The van der Waals surface area contributed by atoms with Crippen molar-refractivity contribution in [1.29, 1.82) is 0 Å². The smallest absolute Gasteiger partial charge is 0.336 e. The van der Waals surface area contributed by atoms with E-state index in [1.54, 1.807) is 19.2 Å². The first-order chi connectivity index (χ1) is 8.15. The van der Waals surface area contributed by atoms with Gasteiger partial charge in [-0.25, -0.2) is 4.79 Å². The van der Waals surface area contributed by atoms with Crippen molar-refractivity contribution in [2.75, 3.05) is 19.5 Å². The number of carboxylic acid groups (broad SMARTS) is 1. The number of fused-ring (bicyclic) bond motifs is 3. The first-order valence-electron chi connectivity index (χ1n) is 5.46. The molecule has 2 aliphatic rings. The maximum atomic E-state index is 11.2. The molecule has 0 aromatic heterocycles. The number of benzene rings is 1. The van der Waals surface area contributed by atoms with Crippen LogP contribution in [0.4, 0.5) is 5.69 Å². The number of carboxylic acids is 1. The fraction of sp³-hybridized carbons (Fsp3) is 0.417. The summed E-state index contributed by atoms with van der Waals surface area (Å²) in [7, 11) is 1.63. The zero-order chi connectivity index (χ0) is 12.2. The van der Waals surface area contributed by atoms with Crippen molar-refractivity contribution in [1.82, 2.24) is 0 Å². The zero-order valence-corrected chi connectivity index (χ0v) is 9.34.